The first kappa shape index (κ1) is 15.0. The van der Waals surface area contributed by atoms with E-state index in [0.29, 0.717) is 6.42 Å². The highest BCUT2D eigenvalue weighted by Crippen LogP contribution is 2.29. The van der Waals surface area contributed by atoms with Gasteiger partial charge >= 0.3 is 0 Å². The molecule has 1 N–H and O–H groups in total. The van der Waals surface area contributed by atoms with E-state index in [-0.39, 0.29) is 0 Å². The van der Waals surface area contributed by atoms with Crippen molar-refractivity contribution in [3.05, 3.63) is 57.3 Å². The summed E-state index contributed by atoms with van der Waals surface area (Å²) in [5, 5.41) is 10.4. The molecule has 1 heterocycles. The molecular formula is C16H18BrNO2. The quantitative estimate of drug-likeness (QED) is 0.925. The van der Waals surface area contributed by atoms with Crippen LogP contribution in [-0.4, -0.2) is 17.2 Å². The molecule has 0 spiro atoms. The van der Waals surface area contributed by atoms with Gasteiger partial charge in [-0.1, -0.05) is 34.1 Å². The predicted molar refractivity (Wildman–Crippen MR) is 83.1 cm³/mol. The van der Waals surface area contributed by atoms with Gasteiger partial charge in [0.05, 0.1) is 13.2 Å². The summed E-state index contributed by atoms with van der Waals surface area (Å²) in [6.07, 6.45) is 1.66. The topological polar surface area (TPSA) is 42.4 Å². The second kappa shape index (κ2) is 6.37. The largest absolute Gasteiger partial charge is 0.496 e. The van der Waals surface area contributed by atoms with Crippen molar-refractivity contribution in [2.24, 2.45) is 0 Å². The van der Waals surface area contributed by atoms with Gasteiger partial charge in [-0.25, -0.2) is 0 Å². The molecule has 1 aromatic heterocycles. The molecule has 0 aliphatic rings. The maximum atomic E-state index is 10.4. The van der Waals surface area contributed by atoms with Crippen molar-refractivity contribution in [3.8, 4) is 5.75 Å². The first-order valence-electron chi connectivity index (χ1n) is 6.46. The number of nitrogens with zero attached hydrogens (tertiary/aromatic N) is 1. The molecule has 1 aromatic carbocycles. The van der Waals surface area contributed by atoms with Crippen LogP contribution in [0.4, 0.5) is 0 Å². The van der Waals surface area contributed by atoms with Crippen LogP contribution in [0.5, 0.6) is 5.75 Å². The molecule has 1 atom stereocenters. The van der Waals surface area contributed by atoms with Crippen LogP contribution >= 0.6 is 15.9 Å². The highest BCUT2D eigenvalue weighted by Gasteiger charge is 2.16. The summed E-state index contributed by atoms with van der Waals surface area (Å²) < 4.78 is 6.30. The first-order chi connectivity index (χ1) is 9.54. The van der Waals surface area contributed by atoms with Gasteiger partial charge in [0.15, 0.2) is 0 Å². The lowest BCUT2D eigenvalue weighted by Gasteiger charge is -2.16. The van der Waals surface area contributed by atoms with Gasteiger partial charge in [0.25, 0.3) is 0 Å². The average Bonchev–Trinajstić information content (AvgIpc) is 2.43. The summed E-state index contributed by atoms with van der Waals surface area (Å²) in [5.41, 5.74) is 3.71. The molecule has 0 aliphatic carbocycles. The zero-order valence-electron chi connectivity index (χ0n) is 11.9. The van der Waals surface area contributed by atoms with E-state index in [9.17, 15) is 5.11 Å². The van der Waals surface area contributed by atoms with Crippen LogP contribution in [0, 0.1) is 13.8 Å². The van der Waals surface area contributed by atoms with Gasteiger partial charge in [0.2, 0.25) is 0 Å². The van der Waals surface area contributed by atoms with E-state index in [1.165, 1.54) is 0 Å². The number of aromatic nitrogens is 1. The molecule has 0 saturated heterocycles. The monoisotopic (exact) mass is 335 g/mol. The fourth-order valence-corrected chi connectivity index (χ4v) is 2.86. The second-order valence-electron chi connectivity index (χ2n) is 4.79. The van der Waals surface area contributed by atoms with E-state index >= 15 is 0 Å². The lowest BCUT2D eigenvalue weighted by Crippen LogP contribution is -2.07. The number of aliphatic hydroxyl groups excluding tert-OH is 1. The summed E-state index contributed by atoms with van der Waals surface area (Å²) in [5.74, 6) is 0.842. The summed E-state index contributed by atoms with van der Waals surface area (Å²) in [7, 11) is 1.66. The van der Waals surface area contributed by atoms with Crippen molar-refractivity contribution < 1.29 is 9.84 Å². The molecule has 1 unspecified atom stereocenters. The number of halogens is 1. The number of pyridine rings is 1. The Labute approximate surface area is 127 Å². The van der Waals surface area contributed by atoms with Crippen LogP contribution in [0.2, 0.25) is 0 Å². The van der Waals surface area contributed by atoms with E-state index in [0.717, 1.165) is 32.6 Å². The number of ether oxygens (including phenoxy) is 1. The SMILES string of the molecule is COc1c(C)cnc(CC(O)c2ccccc2Br)c1C. The zero-order valence-corrected chi connectivity index (χ0v) is 13.4. The molecule has 0 saturated carbocycles. The molecule has 106 valence electrons. The molecule has 0 fully saturated rings. The highest BCUT2D eigenvalue weighted by atomic mass is 79.9. The van der Waals surface area contributed by atoms with Crippen molar-refractivity contribution in [1.82, 2.24) is 4.98 Å². The summed E-state index contributed by atoms with van der Waals surface area (Å²) in [4.78, 5) is 4.43. The number of aliphatic hydroxyl groups is 1. The maximum absolute atomic E-state index is 10.4. The third kappa shape index (κ3) is 3.02. The number of hydrogen-bond donors (Lipinski definition) is 1. The van der Waals surface area contributed by atoms with Crippen LogP contribution in [0.15, 0.2) is 34.9 Å². The molecule has 0 amide bonds. The van der Waals surface area contributed by atoms with Crippen LogP contribution in [0.3, 0.4) is 0 Å². The fraction of sp³-hybridized carbons (Fsp3) is 0.312. The molecular weight excluding hydrogens is 318 g/mol. The van der Waals surface area contributed by atoms with Crippen molar-refractivity contribution in [2.75, 3.05) is 7.11 Å². The van der Waals surface area contributed by atoms with E-state index in [1.807, 2.05) is 38.1 Å². The normalized spacial score (nSPS) is 12.2. The molecule has 0 bridgehead atoms. The Kier molecular flexibility index (Phi) is 4.78. The number of methoxy groups -OCH3 is 1. The van der Waals surface area contributed by atoms with Crippen molar-refractivity contribution in [3.63, 3.8) is 0 Å². The fourth-order valence-electron chi connectivity index (χ4n) is 2.32. The van der Waals surface area contributed by atoms with Crippen molar-refractivity contribution >= 4 is 15.9 Å². The Morgan fingerprint density at radius 2 is 2.00 bits per heavy atom. The Morgan fingerprint density at radius 3 is 2.65 bits per heavy atom. The van der Waals surface area contributed by atoms with Crippen molar-refractivity contribution in [1.29, 1.82) is 0 Å². The van der Waals surface area contributed by atoms with Gasteiger partial charge in [-0.15, -0.1) is 0 Å². The Morgan fingerprint density at radius 1 is 1.30 bits per heavy atom. The van der Waals surface area contributed by atoms with E-state index in [4.69, 9.17) is 4.74 Å². The van der Waals surface area contributed by atoms with Gasteiger partial charge in [0.1, 0.15) is 5.75 Å². The van der Waals surface area contributed by atoms with Crippen LogP contribution in [-0.2, 0) is 6.42 Å². The molecule has 0 radical (unpaired) electrons. The van der Waals surface area contributed by atoms with Gasteiger partial charge in [-0.3, -0.25) is 4.98 Å². The molecule has 4 heteroatoms. The average molecular weight is 336 g/mol. The number of benzene rings is 1. The lowest BCUT2D eigenvalue weighted by molar-refractivity contribution is 0.176. The van der Waals surface area contributed by atoms with Crippen molar-refractivity contribution in [2.45, 2.75) is 26.4 Å². The predicted octanol–water partition coefficient (Wildman–Crippen LogP) is 3.75. The summed E-state index contributed by atoms with van der Waals surface area (Å²) in [6, 6.07) is 7.68. The molecule has 20 heavy (non-hydrogen) atoms. The van der Waals surface area contributed by atoms with Crippen LogP contribution in [0.1, 0.15) is 28.5 Å². The third-order valence-electron chi connectivity index (χ3n) is 3.40. The minimum atomic E-state index is -0.593. The Bertz CT molecular complexity index is 613. The minimum Gasteiger partial charge on any atom is -0.496 e. The summed E-state index contributed by atoms with van der Waals surface area (Å²) >= 11 is 3.46. The van der Waals surface area contributed by atoms with Gasteiger partial charge in [0, 0.05) is 33.9 Å². The highest BCUT2D eigenvalue weighted by molar-refractivity contribution is 9.10. The van der Waals surface area contributed by atoms with E-state index in [1.54, 1.807) is 13.3 Å². The lowest BCUT2D eigenvalue weighted by atomic mass is 10.0. The smallest absolute Gasteiger partial charge is 0.128 e. The molecule has 2 rings (SSSR count). The van der Waals surface area contributed by atoms with E-state index in [2.05, 4.69) is 20.9 Å². The third-order valence-corrected chi connectivity index (χ3v) is 4.12. The minimum absolute atomic E-state index is 0.463. The zero-order chi connectivity index (χ0) is 14.7. The molecule has 2 aromatic rings. The Balaban J connectivity index is 2.29. The Hall–Kier alpha value is -1.39. The van der Waals surface area contributed by atoms with Gasteiger partial charge in [-0.05, 0) is 25.5 Å². The van der Waals surface area contributed by atoms with Gasteiger partial charge < -0.3 is 9.84 Å². The maximum Gasteiger partial charge on any atom is 0.128 e. The number of aryl methyl sites for hydroxylation is 1. The summed E-state index contributed by atoms with van der Waals surface area (Å²) in [6.45, 7) is 3.94. The first-order valence-corrected chi connectivity index (χ1v) is 7.25. The number of hydrogen-bond acceptors (Lipinski definition) is 3. The standard InChI is InChI=1S/C16H18BrNO2/c1-10-9-18-14(11(2)16(10)20-3)8-15(19)12-6-4-5-7-13(12)17/h4-7,9,15,19H,8H2,1-3H3. The molecule has 0 aliphatic heterocycles. The van der Waals surface area contributed by atoms with Crippen LogP contribution < -0.4 is 4.74 Å². The number of rotatable bonds is 4. The van der Waals surface area contributed by atoms with E-state index < -0.39 is 6.10 Å². The molecule has 3 nitrogen and oxygen atoms in total. The second-order valence-corrected chi connectivity index (χ2v) is 5.64. The van der Waals surface area contributed by atoms with Gasteiger partial charge in [-0.2, -0.15) is 0 Å². The van der Waals surface area contributed by atoms with Crippen LogP contribution in [0.25, 0.3) is 0 Å².